The summed E-state index contributed by atoms with van der Waals surface area (Å²) < 4.78 is 0. The van der Waals surface area contributed by atoms with Gasteiger partial charge in [-0.1, -0.05) is 105 Å². The number of benzene rings is 5. The lowest BCUT2D eigenvalue weighted by atomic mass is 9.82. The van der Waals surface area contributed by atoms with Crippen molar-refractivity contribution in [2.75, 3.05) is 9.80 Å². The first kappa shape index (κ1) is 24.0. The second-order valence-electron chi connectivity index (χ2n) is 11.8. The minimum absolute atomic E-state index is 0.00366. The van der Waals surface area contributed by atoms with Gasteiger partial charge >= 0.3 is 0 Å². The van der Waals surface area contributed by atoms with Gasteiger partial charge in [-0.05, 0) is 82.4 Å². The quantitative estimate of drug-likeness (QED) is 0.229. The van der Waals surface area contributed by atoms with E-state index in [0.717, 1.165) is 11.4 Å². The summed E-state index contributed by atoms with van der Waals surface area (Å²) in [6, 6.07) is 44.8. The van der Waals surface area contributed by atoms with Crippen LogP contribution >= 0.6 is 0 Å². The maximum Gasteiger partial charge on any atom is 0.0629 e. The predicted molar refractivity (Wildman–Crippen MR) is 172 cm³/mol. The second kappa shape index (κ2) is 9.11. The number of allylic oxidation sites excluding steroid dienone is 2. The Balaban J connectivity index is 1.22. The Morgan fingerprint density at radius 2 is 1.24 bits per heavy atom. The summed E-state index contributed by atoms with van der Waals surface area (Å²) in [5.74, 6) is 0.384. The summed E-state index contributed by atoms with van der Waals surface area (Å²) in [6.45, 7) is 4.67. The van der Waals surface area contributed by atoms with E-state index >= 15 is 0 Å². The Bertz CT molecular complexity index is 1830. The summed E-state index contributed by atoms with van der Waals surface area (Å²) >= 11 is 0. The van der Waals surface area contributed by atoms with Gasteiger partial charge in [0.25, 0.3) is 0 Å². The third-order valence-electron chi connectivity index (χ3n) is 9.19. The second-order valence-corrected chi connectivity index (χ2v) is 11.8. The molecule has 0 fully saturated rings. The largest absolute Gasteiger partial charge is 0.333 e. The average Bonchev–Trinajstić information content (AvgIpc) is 3.47. The number of para-hydroxylation sites is 2. The first-order valence-electron chi connectivity index (χ1n) is 14.5. The van der Waals surface area contributed by atoms with Crippen LogP contribution in [-0.4, -0.2) is 6.04 Å². The molecule has 2 nitrogen and oxygen atoms in total. The lowest BCUT2D eigenvalue weighted by molar-refractivity contribution is 0.660. The van der Waals surface area contributed by atoms with E-state index in [4.69, 9.17) is 0 Å². The Morgan fingerprint density at radius 1 is 0.585 bits per heavy atom. The molecule has 2 heteroatoms. The van der Waals surface area contributed by atoms with Crippen molar-refractivity contribution in [1.82, 2.24) is 0 Å². The van der Waals surface area contributed by atoms with Crippen molar-refractivity contribution in [3.8, 4) is 11.1 Å². The first-order chi connectivity index (χ1) is 20.1. The van der Waals surface area contributed by atoms with Crippen molar-refractivity contribution in [1.29, 1.82) is 0 Å². The van der Waals surface area contributed by atoms with E-state index < -0.39 is 0 Å². The molecule has 41 heavy (non-hydrogen) atoms. The van der Waals surface area contributed by atoms with E-state index in [1.54, 1.807) is 0 Å². The third-order valence-corrected chi connectivity index (χ3v) is 9.19. The molecule has 1 aliphatic heterocycles. The molecule has 5 aromatic carbocycles. The minimum Gasteiger partial charge on any atom is -0.333 e. The fraction of sp³-hybridized carbons (Fsp3) is 0.128. The smallest absolute Gasteiger partial charge is 0.0629 e. The molecule has 0 amide bonds. The monoisotopic (exact) mass is 528 g/mol. The maximum atomic E-state index is 2.49. The molecule has 1 heterocycles. The van der Waals surface area contributed by atoms with Gasteiger partial charge in [-0.25, -0.2) is 0 Å². The molecule has 0 saturated heterocycles. The number of rotatable bonds is 4. The van der Waals surface area contributed by atoms with E-state index in [1.165, 1.54) is 44.9 Å². The van der Waals surface area contributed by atoms with E-state index in [-0.39, 0.29) is 5.41 Å². The van der Waals surface area contributed by atoms with E-state index in [1.807, 2.05) is 0 Å². The molecule has 2 atom stereocenters. The van der Waals surface area contributed by atoms with Gasteiger partial charge < -0.3 is 9.80 Å². The molecule has 0 spiro atoms. The number of fused-ring (bicyclic) bond motifs is 6. The molecule has 198 valence electrons. The van der Waals surface area contributed by atoms with Crippen LogP contribution in [0.25, 0.3) is 11.1 Å². The van der Waals surface area contributed by atoms with Crippen LogP contribution in [-0.2, 0) is 5.41 Å². The van der Waals surface area contributed by atoms with Gasteiger partial charge in [0.15, 0.2) is 0 Å². The maximum absolute atomic E-state index is 2.49. The van der Waals surface area contributed by atoms with E-state index in [9.17, 15) is 0 Å². The molecule has 0 N–H and O–H groups in total. The van der Waals surface area contributed by atoms with Crippen LogP contribution in [0.3, 0.4) is 0 Å². The zero-order valence-electron chi connectivity index (χ0n) is 23.4. The molecule has 5 aromatic rings. The van der Waals surface area contributed by atoms with Crippen LogP contribution in [0.1, 0.15) is 36.5 Å². The number of hydrogen-bond acceptors (Lipinski definition) is 2. The van der Waals surface area contributed by atoms with Crippen molar-refractivity contribution >= 4 is 28.4 Å². The molecule has 0 radical (unpaired) electrons. The SMILES string of the molecule is CC1(C)c2ccccc2-c2cc(N(c3ccccc3)c3ccc(N4c5ccccc5C5C=CC=CC54)cc3)ccc21. The molecule has 2 unspecified atom stereocenters. The lowest BCUT2D eigenvalue weighted by Gasteiger charge is -2.30. The van der Waals surface area contributed by atoms with E-state index in [0.29, 0.717) is 12.0 Å². The summed E-state index contributed by atoms with van der Waals surface area (Å²) in [6.07, 6.45) is 9.03. The Kier molecular flexibility index (Phi) is 5.33. The third kappa shape index (κ3) is 3.64. The summed E-state index contributed by atoms with van der Waals surface area (Å²) in [5, 5.41) is 0. The van der Waals surface area contributed by atoms with Gasteiger partial charge in [-0.15, -0.1) is 0 Å². The van der Waals surface area contributed by atoms with Crippen molar-refractivity contribution in [2.24, 2.45) is 0 Å². The fourth-order valence-corrected chi connectivity index (χ4v) is 7.22. The highest BCUT2D eigenvalue weighted by molar-refractivity contribution is 5.87. The highest BCUT2D eigenvalue weighted by Gasteiger charge is 2.37. The first-order valence-corrected chi connectivity index (χ1v) is 14.5. The molecular formula is C39H32N2. The van der Waals surface area contributed by atoms with Gasteiger partial charge in [0.2, 0.25) is 0 Å². The van der Waals surface area contributed by atoms with Crippen molar-refractivity contribution in [2.45, 2.75) is 31.2 Å². The topological polar surface area (TPSA) is 6.48 Å². The number of anilines is 5. The zero-order valence-corrected chi connectivity index (χ0v) is 23.4. The molecule has 0 bridgehead atoms. The highest BCUT2D eigenvalue weighted by atomic mass is 15.2. The van der Waals surface area contributed by atoms with Crippen molar-refractivity contribution < 1.29 is 0 Å². The minimum atomic E-state index is -0.00366. The number of nitrogens with zero attached hydrogens (tertiary/aromatic N) is 2. The van der Waals surface area contributed by atoms with Gasteiger partial charge in [0.05, 0.1) is 6.04 Å². The molecule has 3 aliphatic rings. The van der Waals surface area contributed by atoms with Gasteiger partial charge in [0, 0.05) is 39.8 Å². The van der Waals surface area contributed by atoms with Crippen LogP contribution in [0.2, 0.25) is 0 Å². The van der Waals surface area contributed by atoms with Crippen LogP contribution in [0, 0.1) is 0 Å². The molecular weight excluding hydrogens is 496 g/mol. The Morgan fingerprint density at radius 3 is 2.10 bits per heavy atom. The molecule has 0 saturated carbocycles. The molecule has 0 aromatic heterocycles. The van der Waals surface area contributed by atoms with Crippen molar-refractivity contribution in [3.63, 3.8) is 0 Å². The Hall–Kier alpha value is -4.82. The standard InChI is InChI=1S/C39H32N2/c1-39(2)35-17-9-6-14-31(35)34-26-30(24-25-36(34)39)40(27-12-4-3-5-13-27)28-20-22-29(23-21-28)41-37-18-10-7-15-32(37)33-16-8-11-19-38(33)41/h3-26,32,37H,1-2H3. The highest BCUT2D eigenvalue weighted by Crippen LogP contribution is 2.51. The fourth-order valence-electron chi connectivity index (χ4n) is 7.22. The van der Waals surface area contributed by atoms with E-state index in [2.05, 4.69) is 169 Å². The Labute approximate surface area is 242 Å². The molecule has 8 rings (SSSR count). The normalized spacial score (nSPS) is 18.9. The predicted octanol–water partition coefficient (Wildman–Crippen LogP) is 10.2. The summed E-state index contributed by atoms with van der Waals surface area (Å²) in [7, 11) is 0. The zero-order chi connectivity index (χ0) is 27.6. The van der Waals surface area contributed by atoms with Crippen molar-refractivity contribution in [3.05, 3.63) is 162 Å². The van der Waals surface area contributed by atoms with Crippen LogP contribution in [0.15, 0.2) is 146 Å². The summed E-state index contributed by atoms with van der Waals surface area (Å²) in [5.41, 5.74) is 12.8. The van der Waals surface area contributed by atoms with Gasteiger partial charge in [-0.3, -0.25) is 0 Å². The lowest BCUT2D eigenvalue weighted by Crippen LogP contribution is -2.28. The van der Waals surface area contributed by atoms with Gasteiger partial charge in [-0.2, -0.15) is 0 Å². The van der Waals surface area contributed by atoms with Crippen LogP contribution < -0.4 is 9.80 Å². The number of hydrogen-bond donors (Lipinski definition) is 0. The summed E-state index contributed by atoms with van der Waals surface area (Å²) in [4.78, 5) is 4.87. The average molecular weight is 529 g/mol. The molecule has 2 aliphatic carbocycles. The van der Waals surface area contributed by atoms with Gasteiger partial charge in [0.1, 0.15) is 0 Å². The van der Waals surface area contributed by atoms with Crippen LogP contribution in [0.5, 0.6) is 0 Å². The van der Waals surface area contributed by atoms with Crippen LogP contribution in [0.4, 0.5) is 28.4 Å².